The summed E-state index contributed by atoms with van der Waals surface area (Å²) in [4.78, 5) is 32.0. The number of likely N-dealkylation sites (tertiary alicyclic amines) is 1. The highest BCUT2D eigenvalue weighted by Crippen LogP contribution is 2.34. The second-order valence-corrected chi connectivity index (χ2v) is 6.94. The molecule has 1 unspecified atom stereocenters. The number of aromatic nitrogens is 2. The number of nitrogen functional groups attached to an aromatic ring is 1. The first-order valence-corrected chi connectivity index (χ1v) is 9.13. The van der Waals surface area contributed by atoms with E-state index in [0.717, 1.165) is 0 Å². The number of benzene rings is 1. The number of carboxylic acids is 1. The van der Waals surface area contributed by atoms with Gasteiger partial charge in [0.05, 0.1) is 18.8 Å². The Labute approximate surface area is 171 Å². The summed E-state index contributed by atoms with van der Waals surface area (Å²) >= 11 is 0. The maximum atomic E-state index is 12.4. The van der Waals surface area contributed by atoms with E-state index in [1.807, 2.05) is 0 Å². The van der Waals surface area contributed by atoms with Crippen LogP contribution in [0.15, 0.2) is 18.3 Å². The molecule has 0 spiro atoms. The Morgan fingerprint density at radius 1 is 1.37 bits per heavy atom. The highest BCUT2D eigenvalue weighted by molar-refractivity contribution is 6.41. The number of H-pyrrole nitrogens is 1. The molecule has 0 bridgehead atoms. The maximum absolute atomic E-state index is 12.4. The maximum Gasteiger partial charge on any atom is 0.451 e. The lowest BCUT2D eigenvalue weighted by Crippen LogP contribution is -2.58. The number of hydrogen-bond acceptors (Lipinski definition) is 9. The lowest BCUT2D eigenvalue weighted by molar-refractivity contribution is -0.141. The molecule has 1 aliphatic heterocycles. The molecule has 0 radical (unpaired) electrons. The topological polar surface area (TPSA) is 208 Å². The number of rotatable bonds is 8. The summed E-state index contributed by atoms with van der Waals surface area (Å²) in [6, 6.07) is 1.86. The van der Waals surface area contributed by atoms with Gasteiger partial charge in [0.2, 0.25) is 5.91 Å². The molecule has 1 aliphatic rings. The molecule has 0 aliphatic carbocycles. The smallest absolute Gasteiger partial charge is 0.451 e. The van der Waals surface area contributed by atoms with Gasteiger partial charge in [-0.25, -0.2) is 9.78 Å². The van der Waals surface area contributed by atoms with E-state index < -0.39 is 36.5 Å². The minimum atomic E-state index is -1.57. The molecule has 12 nitrogen and oxygen atoms in total. The number of anilines is 1. The number of amides is 1. The van der Waals surface area contributed by atoms with E-state index in [-0.39, 0.29) is 49.0 Å². The zero-order valence-corrected chi connectivity index (χ0v) is 15.9. The molecule has 1 aromatic carbocycles. The molecule has 2 aromatic rings. The number of aryl methyl sites for hydroxylation is 1. The standard InChI is InChI=1S/C17H22BN5O7/c19-13(10-5-21-17(20)22-10)15(25)23-6-9(7-23)30-11-2-1-8(3-4-18(28)29)14(24)12(11)16(26)27/h1-2,5,9,13,24,28-29H,3-4,6-7,19H2,(H,26,27)(H3,20,21,22). The lowest BCUT2D eigenvalue weighted by Gasteiger charge is -2.40. The van der Waals surface area contributed by atoms with E-state index in [2.05, 4.69) is 9.97 Å². The van der Waals surface area contributed by atoms with Crippen molar-refractivity contribution in [1.82, 2.24) is 14.9 Å². The lowest BCUT2D eigenvalue weighted by atomic mass is 9.82. The summed E-state index contributed by atoms with van der Waals surface area (Å²) in [5, 5.41) is 37.6. The van der Waals surface area contributed by atoms with Gasteiger partial charge >= 0.3 is 13.1 Å². The minimum absolute atomic E-state index is 0.0465. The SMILES string of the molecule is Nc1nc(C(N)C(=O)N2CC(Oc3ccc(CCB(O)O)c(O)c3C(=O)O)C2)c[nH]1. The van der Waals surface area contributed by atoms with Gasteiger partial charge in [0, 0.05) is 6.20 Å². The predicted molar refractivity (Wildman–Crippen MR) is 105 cm³/mol. The molecule has 1 fully saturated rings. The Kier molecular flexibility index (Phi) is 6.15. The molecular weight excluding hydrogens is 397 g/mol. The highest BCUT2D eigenvalue weighted by Gasteiger charge is 2.36. The molecule has 0 saturated carbocycles. The fourth-order valence-electron chi connectivity index (χ4n) is 3.11. The number of carbonyl (C=O) groups is 2. The normalized spacial score (nSPS) is 14.8. The van der Waals surface area contributed by atoms with Crippen LogP contribution in [0.3, 0.4) is 0 Å². The van der Waals surface area contributed by atoms with Crippen molar-refractivity contribution in [2.24, 2.45) is 5.73 Å². The van der Waals surface area contributed by atoms with Crippen LogP contribution in [0.25, 0.3) is 0 Å². The summed E-state index contributed by atoms with van der Waals surface area (Å²) in [5.41, 5.74) is 11.5. The number of nitrogens with one attached hydrogen (secondary N) is 1. The molecule has 1 aromatic heterocycles. The van der Waals surface area contributed by atoms with Crippen LogP contribution >= 0.6 is 0 Å². The van der Waals surface area contributed by atoms with Crippen LogP contribution < -0.4 is 16.2 Å². The van der Waals surface area contributed by atoms with Gasteiger partial charge < -0.3 is 46.3 Å². The van der Waals surface area contributed by atoms with Crippen LogP contribution in [-0.4, -0.2) is 73.3 Å². The fourth-order valence-corrected chi connectivity index (χ4v) is 3.11. The molecule has 30 heavy (non-hydrogen) atoms. The number of aromatic carboxylic acids is 1. The van der Waals surface area contributed by atoms with Crippen LogP contribution in [0.1, 0.15) is 27.7 Å². The largest absolute Gasteiger partial charge is 0.507 e. The summed E-state index contributed by atoms with van der Waals surface area (Å²) in [7, 11) is -1.57. The third-order valence-electron chi connectivity index (χ3n) is 4.76. The number of carboxylic acid groups (broad SMARTS) is 1. The van der Waals surface area contributed by atoms with Crippen molar-refractivity contribution in [2.75, 3.05) is 18.8 Å². The molecule has 3 rings (SSSR count). The van der Waals surface area contributed by atoms with E-state index in [1.54, 1.807) is 0 Å². The van der Waals surface area contributed by atoms with E-state index in [4.69, 9.17) is 26.3 Å². The van der Waals surface area contributed by atoms with Crippen molar-refractivity contribution < 1.29 is 34.6 Å². The van der Waals surface area contributed by atoms with E-state index in [0.29, 0.717) is 5.69 Å². The number of nitrogens with two attached hydrogens (primary N) is 2. The number of aromatic hydroxyl groups is 1. The second-order valence-electron chi connectivity index (χ2n) is 6.94. The number of imidazole rings is 1. The first-order valence-electron chi connectivity index (χ1n) is 9.13. The first-order chi connectivity index (χ1) is 14.2. The van der Waals surface area contributed by atoms with Crippen molar-refractivity contribution in [2.45, 2.75) is 24.9 Å². The monoisotopic (exact) mass is 419 g/mol. The van der Waals surface area contributed by atoms with Crippen molar-refractivity contribution in [3.05, 3.63) is 35.2 Å². The van der Waals surface area contributed by atoms with Crippen LogP contribution in [0.5, 0.6) is 11.5 Å². The number of carbonyl (C=O) groups excluding carboxylic acids is 1. The fraction of sp³-hybridized carbons (Fsp3) is 0.353. The van der Waals surface area contributed by atoms with Crippen LogP contribution in [-0.2, 0) is 11.2 Å². The summed E-state index contributed by atoms with van der Waals surface area (Å²) < 4.78 is 5.66. The van der Waals surface area contributed by atoms with Gasteiger partial charge in [-0.05, 0) is 24.4 Å². The van der Waals surface area contributed by atoms with Gasteiger partial charge in [-0.2, -0.15) is 0 Å². The van der Waals surface area contributed by atoms with Crippen LogP contribution in [0.4, 0.5) is 5.95 Å². The quantitative estimate of drug-likeness (QED) is 0.252. The van der Waals surface area contributed by atoms with Gasteiger partial charge in [0.1, 0.15) is 29.2 Å². The first kappa shape index (κ1) is 21.4. The number of aromatic amines is 1. The van der Waals surface area contributed by atoms with Gasteiger partial charge in [0.25, 0.3) is 0 Å². The Bertz CT molecular complexity index is 945. The molecule has 160 valence electrons. The van der Waals surface area contributed by atoms with Gasteiger partial charge in [-0.15, -0.1) is 0 Å². The predicted octanol–water partition coefficient (Wildman–Crippen LogP) is -1.30. The van der Waals surface area contributed by atoms with Crippen molar-refractivity contribution in [3.8, 4) is 11.5 Å². The van der Waals surface area contributed by atoms with E-state index in [1.165, 1.54) is 23.2 Å². The highest BCUT2D eigenvalue weighted by atomic mass is 16.5. The van der Waals surface area contributed by atoms with Gasteiger partial charge in [0.15, 0.2) is 5.95 Å². The summed E-state index contributed by atoms with van der Waals surface area (Å²) in [5.74, 6) is -2.16. The van der Waals surface area contributed by atoms with Crippen molar-refractivity contribution in [1.29, 1.82) is 0 Å². The van der Waals surface area contributed by atoms with E-state index in [9.17, 15) is 19.8 Å². The molecular formula is C17H22BN5O7. The molecule has 1 atom stereocenters. The molecule has 2 heterocycles. The number of ether oxygens (including phenoxy) is 1. The van der Waals surface area contributed by atoms with Gasteiger partial charge in [-0.3, -0.25) is 4.79 Å². The zero-order valence-electron chi connectivity index (χ0n) is 15.9. The van der Waals surface area contributed by atoms with Crippen molar-refractivity contribution in [3.63, 3.8) is 0 Å². The van der Waals surface area contributed by atoms with Crippen molar-refractivity contribution >= 4 is 24.9 Å². The average molecular weight is 419 g/mol. The summed E-state index contributed by atoms with van der Waals surface area (Å²) in [6.07, 6.45) is 0.984. The zero-order chi connectivity index (χ0) is 22.0. The molecule has 1 amide bonds. The number of nitrogens with zero attached hydrogens (tertiary/aromatic N) is 2. The Balaban J connectivity index is 1.64. The Morgan fingerprint density at radius 3 is 2.63 bits per heavy atom. The third-order valence-corrected chi connectivity index (χ3v) is 4.76. The van der Waals surface area contributed by atoms with Crippen LogP contribution in [0.2, 0.25) is 6.32 Å². The number of phenols is 1. The Hall–Kier alpha value is -3.29. The molecule has 9 N–H and O–H groups in total. The van der Waals surface area contributed by atoms with Gasteiger partial charge in [-0.1, -0.05) is 6.07 Å². The number of hydrogen-bond donors (Lipinski definition) is 7. The summed E-state index contributed by atoms with van der Waals surface area (Å²) in [6.45, 7) is 0.370. The average Bonchev–Trinajstić information content (AvgIpc) is 3.08. The second kappa shape index (κ2) is 8.61. The molecule has 1 saturated heterocycles. The third kappa shape index (κ3) is 4.48. The van der Waals surface area contributed by atoms with E-state index >= 15 is 0 Å². The minimum Gasteiger partial charge on any atom is -0.507 e. The van der Waals surface area contributed by atoms with Crippen LogP contribution in [0, 0.1) is 0 Å². The molecule has 13 heteroatoms. The Morgan fingerprint density at radius 2 is 2.07 bits per heavy atom.